The van der Waals surface area contributed by atoms with E-state index in [1.54, 1.807) is 4.31 Å². The van der Waals surface area contributed by atoms with Gasteiger partial charge in [0.05, 0.1) is 49.9 Å². The minimum absolute atomic E-state index is 0.167. The van der Waals surface area contributed by atoms with E-state index in [0.29, 0.717) is 19.7 Å². The normalized spacial score (nSPS) is 26.7. The van der Waals surface area contributed by atoms with Crippen molar-refractivity contribution in [2.24, 2.45) is 5.41 Å². The number of hydrogen-bond donors (Lipinski definition) is 0. The topological polar surface area (TPSA) is 48.0 Å². The first-order valence-corrected chi connectivity index (χ1v) is 10.5. The first kappa shape index (κ1) is 19.5. The fourth-order valence-electron chi connectivity index (χ4n) is 4.23. The number of ether oxygens (including phenoxy) is 2. The molecule has 1 atom stereocenters. The molecular formula is C19H26F2N2O3S. The van der Waals surface area contributed by atoms with Crippen molar-refractivity contribution >= 4 is 11.4 Å². The SMILES string of the molecule is CC1(CN2CCC3(CC2)CN([S+]([O-])c2cc(F)cc(F)c2)CCO3)COC1. The van der Waals surface area contributed by atoms with Crippen LogP contribution in [0.1, 0.15) is 19.8 Å². The third-order valence-electron chi connectivity index (χ3n) is 5.76. The molecule has 27 heavy (non-hydrogen) atoms. The van der Waals surface area contributed by atoms with Crippen LogP contribution < -0.4 is 0 Å². The second kappa shape index (κ2) is 7.57. The summed E-state index contributed by atoms with van der Waals surface area (Å²) >= 11 is -1.59. The predicted octanol–water partition coefficient (Wildman–Crippen LogP) is 2.19. The van der Waals surface area contributed by atoms with E-state index < -0.39 is 23.0 Å². The highest BCUT2D eigenvalue weighted by Crippen LogP contribution is 2.35. The van der Waals surface area contributed by atoms with E-state index in [0.717, 1.165) is 63.9 Å². The van der Waals surface area contributed by atoms with Crippen molar-refractivity contribution in [2.75, 3.05) is 52.5 Å². The lowest BCUT2D eigenvalue weighted by molar-refractivity contribution is -0.142. The zero-order valence-corrected chi connectivity index (χ0v) is 16.4. The largest absolute Gasteiger partial charge is 0.593 e. The zero-order chi connectivity index (χ0) is 19.1. The van der Waals surface area contributed by atoms with Gasteiger partial charge in [0.25, 0.3) is 0 Å². The Hall–Kier alpha value is -0.770. The summed E-state index contributed by atoms with van der Waals surface area (Å²) in [5.41, 5.74) is -0.0692. The van der Waals surface area contributed by atoms with Crippen molar-refractivity contribution in [1.29, 1.82) is 0 Å². The third-order valence-corrected chi connectivity index (χ3v) is 7.18. The van der Waals surface area contributed by atoms with Gasteiger partial charge in [-0.1, -0.05) is 6.92 Å². The van der Waals surface area contributed by atoms with Crippen LogP contribution in [-0.4, -0.2) is 71.9 Å². The number of morpholine rings is 1. The molecule has 8 heteroatoms. The van der Waals surface area contributed by atoms with E-state index in [9.17, 15) is 13.3 Å². The lowest BCUT2D eigenvalue weighted by atomic mass is 9.85. The van der Waals surface area contributed by atoms with Crippen LogP contribution >= 0.6 is 0 Å². The molecule has 150 valence electrons. The highest BCUT2D eigenvalue weighted by molar-refractivity contribution is 7.89. The fourth-order valence-corrected chi connectivity index (χ4v) is 5.55. The summed E-state index contributed by atoms with van der Waals surface area (Å²) in [5, 5.41) is 0. The first-order valence-electron chi connectivity index (χ1n) is 9.44. The van der Waals surface area contributed by atoms with Crippen LogP contribution in [-0.2, 0) is 20.8 Å². The Morgan fingerprint density at radius 3 is 2.37 bits per heavy atom. The number of likely N-dealkylation sites (tertiary alicyclic amines) is 1. The molecule has 4 rings (SSSR count). The molecule has 0 bridgehead atoms. The van der Waals surface area contributed by atoms with Gasteiger partial charge in [0.1, 0.15) is 11.6 Å². The van der Waals surface area contributed by atoms with Crippen LogP contribution in [0.25, 0.3) is 0 Å². The lowest BCUT2D eigenvalue weighted by Crippen LogP contribution is -2.59. The van der Waals surface area contributed by atoms with Gasteiger partial charge in [-0.2, -0.15) is 0 Å². The molecule has 1 unspecified atom stereocenters. The summed E-state index contributed by atoms with van der Waals surface area (Å²) in [7, 11) is 0. The molecule has 1 aromatic rings. The predicted molar refractivity (Wildman–Crippen MR) is 97.6 cm³/mol. The summed E-state index contributed by atoms with van der Waals surface area (Å²) in [4.78, 5) is 2.62. The Balaban J connectivity index is 1.38. The van der Waals surface area contributed by atoms with Crippen molar-refractivity contribution in [3.63, 3.8) is 0 Å². The molecule has 0 radical (unpaired) electrons. The maximum atomic E-state index is 13.5. The smallest absolute Gasteiger partial charge is 0.179 e. The van der Waals surface area contributed by atoms with Gasteiger partial charge in [-0.05, 0) is 12.8 Å². The maximum absolute atomic E-state index is 13.5. The Kier molecular flexibility index (Phi) is 5.48. The third kappa shape index (κ3) is 4.31. The zero-order valence-electron chi connectivity index (χ0n) is 15.6. The number of piperidine rings is 1. The van der Waals surface area contributed by atoms with Gasteiger partial charge in [-0.15, -0.1) is 4.31 Å². The number of halogens is 2. The molecule has 0 amide bonds. The monoisotopic (exact) mass is 400 g/mol. The van der Waals surface area contributed by atoms with E-state index in [2.05, 4.69) is 11.8 Å². The molecule has 0 saturated carbocycles. The Bertz CT molecular complexity index is 661. The van der Waals surface area contributed by atoms with E-state index in [1.165, 1.54) is 0 Å². The van der Waals surface area contributed by atoms with Crippen molar-refractivity contribution < 1.29 is 22.8 Å². The highest BCUT2D eigenvalue weighted by Gasteiger charge is 2.45. The average Bonchev–Trinajstić information content (AvgIpc) is 2.61. The van der Waals surface area contributed by atoms with Crippen LogP contribution in [0.2, 0.25) is 0 Å². The Morgan fingerprint density at radius 1 is 1.11 bits per heavy atom. The second-order valence-corrected chi connectivity index (χ2v) is 9.82. The van der Waals surface area contributed by atoms with E-state index >= 15 is 0 Å². The summed E-state index contributed by atoms with van der Waals surface area (Å²) in [5.74, 6) is -1.41. The number of benzene rings is 1. The minimum atomic E-state index is -1.59. The molecule has 5 nitrogen and oxygen atoms in total. The van der Waals surface area contributed by atoms with Crippen LogP contribution in [0.3, 0.4) is 0 Å². The van der Waals surface area contributed by atoms with E-state index in [1.807, 2.05) is 0 Å². The van der Waals surface area contributed by atoms with Gasteiger partial charge in [-0.25, -0.2) is 8.78 Å². The number of rotatable bonds is 4. The van der Waals surface area contributed by atoms with Gasteiger partial charge in [0.2, 0.25) is 0 Å². The molecule has 3 aliphatic rings. The molecule has 3 saturated heterocycles. The fraction of sp³-hybridized carbons (Fsp3) is 0.684. The molecule has 3 aliphatic heterocycles. The Morgan fingerprint density at radius 2 is 1.78 bits per heavy atom. The van der Waals surface area contributed by atoms with Gasteiger partial charge in [0, 0.05) is 43.2 Å². The molecule has 0 N–H and O–H groups in total. The van der Waals surface area contributed by atoms with Gasteiger partial charge in [0.15, 0.2) is 4.90 Å². The quantitative estimate of drug-likeness (QED) is 0.726. The second-order valence-electron chi connectivity index (χ2n) is 8.33. The summed E-state index contributed by atoms with van der Waals surface area (Å²) < 4.78 is 53.1. The van der Waals surface area contributed by atoms with E-state index in [-0.39, 0.29) is 15.9 Å². The van der Waals surface area contributed by atoms with Crippen molar-refractivity contribution in [2.45, 2.75) is 30.3 Å². The standard InChI is InChI=1S/C19H26F2N2O3S/c1-18(13-25-14-18)11-22-4-2-19(3-5-22)12-23(6-7-26-19)27(24)17-9-15(20)8-16(21)10-17/h8-10H,2-7,11-14H2,1H3. The molecule has 1 aromatic carbocycles. The highest BCUT2D eigenvalue weighted by atomic mass is 32.2. The lowest BCUT2D eigenvalue weighted by Gasteiger charge is -2.49. The maximum Gasteiger partial charge on any atom is 0.179 e. The summed E-state index contributed by atoms with van der Waals surface area (Å²) in [6.07, 6.45) is 1.74. The van der Waals surface area contributed by atoms with Crippen LogP contribution in [0, 0.1) is 17.0 Å². The number of nitrogens with zero attached hydrogens (tertiary/aromatic N) is 2. The molecular weight excluding hydrogens is 374 g/mol. The van der Waals surface area contributed by atoms with Gasteiger partial charge < -0.3 is 18.9 Å². The van der Waals surface area contributed by atoms with Gasteiger partial charge in [-0.3, -0.25) is 0 Å². The minimum Gasteiger partial charge on any atom is -0.593 e. The molecule has 3 fully saturated rings. The van der Waals surface area contributed by atoms with Crippen LogP contribution in [0.15, 0.2) is 23.1 Å². The van der Waals surface area contributed by atoms with E-state index in [4.69, 9.17) is 9.47 Å². The summed E-state index contributed by atoms with van der Waals surface area (Å²) in [6, 6.07) is 3.08. The van der Waals surface area contributed by atoms with Crippen molar-refractivity contribution in [1.82, 2.24) is 9.21 Å². The average molecular weight is 400 g/mol. The van der Waals surface area contributed by atoms with Crippen molar-refractivity contribution in [3.8, 4) is 0 Å². The molecule has 0 aromatic heterocycles. The van der Waals surface area contributed by atoms with Crippen molar-refractivity contribution in [3.05, 3.63) is 29.8 Å². The van der Waals surface area contributed by atoms with Crippen LogP contribution in [0.4, 0.5) is 8.78 Å². The summed E-state index contributed by atoms with van der Waals surface area (Å²) in [6.45, 7) is 8.29. The molecule has 3 heterocycles. The molecule has 1 spiro atoms. The van der Waals surface area contributed by atoms with Gasteiger partial charge >= 0.3 is 0 Å². The van der Waals surface area contributed by atoms with Crippen LogP contribution in [0.5, 0.6) is 0 Å². The first-order chi connectivity index (χ1) is 12.9. The Labute approximate surface area is 161 Å². The number of hydrogen-bond acceptors (Lipinski definition) is 5. The molecule has 0 aliphatic carbocycles.